The molecular formula is C14H23N3O4. The monoisotopic (exact) mass is 297 g/mol. The lowest BCUT2D eigenvalue weighted by Crippen LogP contribution is -2.53. The molecule has 0 unspecified atom stereocenters. The van der Waals surface area contributed by atoms with Gasteiger partial charge in [-0.15, -0.1) is 0 Å². The zero-order valence-corrected chi connectivity index (χ0v) is 12.2. The van der Waals surface area contributed by atoms with E-state index in [4.69, 9.17) is 10.8 Å². The van der Waals surface area contributed by atoms with Gasteiger partial charge in [0.2, 0.25) is 11.8 Å². The van der Waals surface area contributed by atoms with Crippen LogP contribution in [0.4, 0.5) is 0 Å². The molecule has 5 N–H and O–H groups in total. The first-order chi connectivity index (χ1) is 9.88. The van der Waals surface area contributed by atoms with E-state index in [1.807, 2.05) is 0 Å². The molecule has 0 radical (unpaired) electrons. The average molecular weight is 297 g/mol. The van der Waals surface area contributed by atoms with Gasteiger partial charge in [0.25, 0.3) is 0 Å². The maximum Gasteiger partial charge on any atom is 0.305 e. The van der Waals surface area contributed by atoms with Crippen LogP contribution in [0.3, 0.4) is 0 Å². The topological polar surface area (TPSA) is 122 Å². The van der Waals surface area contributed by atoms with Crippen LogP contribution < -0.4 is 16.4 Å². The van der Waals surface area contributed by atoms with Crippen LogP contribution in [-0.2, 0) is 14.4 Å². The highest BCUT2D eigenvalue weighted by molar-refractivity contribution is 5.91. The summed E-state index contributed by atoms with van der Waals surface area (Å²) in [6.45, 7) is 1.58. The van der Waals surface area contributed by atoms with Gasteiger partial charge in [0.15, 0.2) is 0 Å². The van der Waals surface area contributed by atoms with Gasteiger partial charge in [0.1, 0.15) is 6.04 Å². The Labute approximate surface area is 123 Å². The first-order valence-corrected chi connectivity index (χ1v) is 7.46. The predicted octanol–water partition coefficient (Wildman–Crippen LogP) is -0.402. The maximum absolute atomic E-state index is 12.1. The Hall–Kier alpha value is -1.63. The van der Waals surface area contributed by atoms with E-state index in [9.17, 15) is 14.4 Å². The Kier molecular flexibility index (Phi) is 4.82. The standard InChI is InChI=1S/C14H23N3O4/c1-7(16-14(21)10(15)6-11(18)19)13(20)17-12(8-2-3-8)9-4-5-9/h7-10,12H,2-6,15H2,1H3,(H,16,21)(H,17,20)(H,18,19)/t7-,10-/m1/s1. The van der Waals surface area contributed by atoms with E-state index < -0.39 is 30.4 Å². The largest absolute Gasteiger partial charge is 0.481 e. The van der Waals surface area contributed by atoms with Crippen LogP contribution in [0.25, 0.3) is 0 Å². The third-order valence-corrected chi connectivity index (χ3v) is 4.05. The van der Waals surface area contributed by atoms with Crippen molar-refractivity contribution in [1.82, 2.24) is 10.6 Å². The number of hydrogen-bond donors (Lipinski definition) is 4. The van der Waals surface area contributed by atoms with E-state index in [1.165, 1.54) is 0 Å². The fourth-order valence-corrected chi connectivity index (χ4v) is 2.49. The molecule has 2 amide bonds. The van der Waals surface area contributed by atoms with Crippen molar-refractivity contribution in [1.29, 1.82) is 0 Å². The molecule has 2 aliphatic carbocycles. The summed E-state index contributed by atoms with van der Waals surface area (Å²) in [5.41, 5.74) is 5.46. The molecule has 0 aromatic heterocycles. The summed E-state index contributed by atoms with van der Waals surface area (Å²) in [4.78, 5) is 34.3. The number of amides is 2. The predicted molar refractivity (Wildman–Crippen MR) is 75.2 cm³/mol. The second kappa shape index (κ2) is 6.43. The van der Waals surface area contributed by atoms with Gasteiger partial charge in [-0.2, -0.15) is 0 Å². The molecule has 0 heterocycles. The van der Waals surface area contributed by atoms with E-state index in [1.54, 1.807) is 6.92 Å². The number of aliphatic carboxylic acids is 1. The molecule has 7 nitrogen and oxygen atoms in total. The molecule has 0 aliphatic heterocycles. The van der Waals surface area contributed by atoms with E-state index in [0.29, 0.717) is 11.8 Å². The number of carbonyl (C=O) groups excluding carboxylic acids is 2. The Morgan fingerprint density at radius 1 is 1.10 bits per heavy atom. The number of carboxylic acids is 1. The molecule has 0 spiro atoms. The zero-order chi connectivity index (χ0) is 15.6. The van der Waals surface area contributed by atoms with E-state index >= 15 is 0 Å². The molecule has 2 rings (SSSR count). The van der Waals surface area contributed by atoms with Crippen LogP contribution in [0, 0.1) is 11.8 Å². The SMILES string of the molecule is C[C@@H](NC(=O)[C@H](N)CC(=O)O)C(=O)NC(C1CC1)C1CC1. The first kappa shape index (κ1) is 15.8. The van der Waals surface area contributed by atoms with Crippen molar-refractivity contribution in [2.75, 3.05) is 0 Å². The summed E-state index contributed by atoms with van der Waals surface area (Å²) in [5, 5.41) is 14.1. The fraction of sp³-hybridized carbons (Fsp3) is 0.786. The Morgan fingerprint density at radius 3 is 2.05 bits per heavy atom. The summed E-state index contributed by atoms with van der Waals surface area (Å²) < 4.78 is 0. The molecule has 7 heteroatoms. The lowest BCUT2D eigenvalue weighted by Gasteiger charge is -2.22. The lowest BCUT2D eigenvalue weighted by atomic mass is 10.1. The van der Waals surface area contributed by atoms with Crippen LogP contribution in [0.15, 0.2) is 0 Å². The minimum absolute atomic E-state index is 0.226. The van der Waals surface area contributed by atoms with Gasteiger partial charge in [-0.25, -0.2) is 0 Å². The van der Waals surface area contributed by atoms with Crippen LogP contribution in [0.2, 0.25) is 0 Å². The quantitative estimate of drug-likeness (QED) is 0.485. The summed E-state index contributed by atoms with van der Waals surface area (Å²) >= 11 is 0. The van der Waals surface area contributed by atoms with Gasteiger partial charge in [0.05, 0.1) is 12.5 Å². The van der Waals surface area contributed by atoms with Crippen LogP contribution >= 0.6 is 0 Å². The second-order valence-electron chi connectivity index (χ2n) is 6.14. The molecule has 0 aromatic carbocycles. The van der Waals surface area contributed by atoms with E-state index in [0.717, 1.165) is 25.7 Å². The van der Waals surface area contributed by atoms with Crippen molar-refractivity contribution in [2.24, 2.45) is 17.6 Å². The number of carbonyl (C=O) groups is 3. The van der Waals surface area contributed by atoms with Crippen molar-refractivity contribution in [3.05, 3.63) is 0 Å². The van der Waals surface area contributed by atoms with E-state index in [-0.39, 0.29) is 11.9 Å². The normalized spacial score (nSPS) is 20.7. The number of hydrogen-bond acceptors (Lipinski definition) is 4. The van der Waals surface area contributed by atoms with Crippen LogP contribution in [-0.4, -0.2) is 41.0 Å². The summed E-state index contributed by atoms with van der Waals surface area (Å²) in [6, 6.07) is -1.62. The molecule has 0 bridgehead atoms. The van der Waals surface area contributed by atoms with Crippen molar-refractivity contribution >= 4 is 17.8 Å². The van der Waals surface area contributed by atoms with Crippen molar-refractivity contribution < 1.29 is 19.5 Å². The molecule has 2 aliphatic rings. The minimum Gasteiger partial charge on any atom is -0.481 e. The van der Waals surface area contributed by atoms with Crippen molar-refractivity contribution in [2.45, 2.75) is 57.2 Å². The Bertz CT molecular complexity index is 420. The number of carboxylic acid groups (broad SMARTS) is 1. The molecular weight excluding hydrogens is 274 g/mol. The van der Waals surface area contributed by atoms with Gasteiger partial charge >= 0.3 is 5.97 Å². The van der Waals surface area contributed by atoms with Gasteiger partial charge in [-0.1, -0.05) is 0 Å². The number of nitrogens with one attached hydrogen (secondary N) is 2. The Morgan fingerprint density at radius 2 is 1.62 bits per heavy atom. The number of nitrogens with two attached hydrogens (primary N) is 1. The van der Waals surface area contributed by atoms with Crippen LogP contribution in [0.1, 0.15) is 39.0 Å². The van der Waals surface area contributed by atoms with Gasteiger partial charge in [0, 0.05) is 6.04 Å². The lowest BCUT2D eigenvalue weighted by molar-refractivity contribution is -0.139. The second-order valence-corrected chi connectivity index (χ2v) is 6.14. The molecule has 0 aromatic rings. The van der Waals surface area contributed by atoms with Crippen LogP contribution in [0.5, 0.6) is 0 Å². The highest BCUT2D eigenvalue weighted by Crippen LogP contribution is 2.44. The summed E-state index contributed by atoms with van der Waals surface area (Å²) in [6.07, 6.45) is 4.18. The Balaban J connectivity index is 1.78. The molecule has 2 atom stereocenters. The van der Waals surface area contributed by atoms with Crippen molar-refractivity contribution in [3.8, 4) is 0 Å². The van der Waals surface area contributed by atoms with Crippen molar-refractivity contribution in [3.63, 3.8) is 0 Å². The van der Waals surface area contributed by atoms with Gasteiger partial charge < -0.3 is 21.5 Å². The third kappa shape index (κ3) is 4.70. The average Bonchev–Trinajstić information content (AvgIpc) is 3.27. The molecule has 118 valence electrons. The first-order valence-electron chi connectivity index (χ1n) is 7.46. The highest BCUT2D eigenvalue weighted by Gasteiger charge is 2.42. The summed E-state index contributed by atoms with van der Waals surface area (Å²) in [7, 11) is 0. The highest BCUT2D eigenvalue weighted by atomic mass is 16.4. The van der Waals surface area contributed by atoms with Gasteiger partial charge in [-0.05, 0) is 44.4 Å². The third-order valence-electron chi connectivity index (χ3n) is 4.05. The zero-order valence-electron chi connectivity index (χ0n) is 12.2. The molecule has 0 saturated heterocycles. The fourth-order valence-electron chi connectivity index (χ4n) is 2.49. The summed E-state index contributed by atoms with van der Waals surface area (Å²) in [5.74, 6) is -0.821. The molecule has 21 heavy (non-hydrogen) atoms. The number of rotatable bonds is 8. The maximum atomic E-state index is 12.1. The smallest absolute Gasteiger partial charge is 0.305 e. The molecule has 2 saturated carbocycles. The van der Waals surface area contributed by atoms with Gasteiger partial charge in [-0.3, -0.25) is 14.4 Å². The minimum atomic E-state index is -1.14. The van der Waals surface area contributed by atoms with E-state index in [2.05, 4.69) is 10.6 Å². The molecule has 2 fully saturated rings.